The number of methoxy groups -OCH3 is 1. The molecule has 1 rings (SSSR count). The van der Waals surface area contributed by atoms with E-state index in [9.17, 15) is 15.0 Å². The Balaban J connectivity index is 3.32. The van der Waals surface area contributed by atoms with Gasteiger partial charge in [0.05, 0.1) is 7.11 Å². The molecule has 2 N–H and O–H groups in total. The molecule has 0 radical (unpaired) electrons. The number of carbonyl (C=O) groups is 1. The Morgan fingerprint density at radius 2 is 2.07 bits per heavy atom. The zero-order valence-corrected chi connectivity index (χ0v) is 8.52. The molecule has 1 aromatic carbocycles. The van der Waals surface area contributed by atoms with E-state index >= 15 is 0 Å². The fourth-order valence-corrected chi connectivity index (χ4v) is 1.23. The average Bonchev–Trinajstić information content (AvgIpc) is 2.16. The molecule has 80 valence electrons. The first-order valence-corrected chi connectivity index (χ1v) is 4.37. The van der Waals surface area contributed by atoms with Crippen molar-refractivity contribution in [1.82, 2.24) is 0 Å². The predicted octanol–water partition coefficient (Wildman–Crippen LogP) is 1.87. The van der Waals surface area contributed by atoms with Gasteiger partial charge in [-0.3, -0.25) is 4.79 Å². The Hall–Kier alpha value is -1.97. The normalized spacial score (nSPS) is 10.5. The first-order chi connectivity index (χ1) is 7.10. The van der Waals surface area contributed by atoms with Crippen molar-refractivity contribution in [2.24, 2.45) is 0 Å². The third-order valence-corrected chi connectivity index (χ3v) is 1.85. The van der Waals surface area contributed by atoms with Crippen LogP contribution < -0.4 is 4.74 Å². The highest BCUT2D eigenvalue weighted by atomic mass is 16.5. The molecule has 0 aromatic heterocycles. The number of ketones is 1. The monoisotopic (exact) mass is 208 g/mol. The number of ether oxygens (including phenoxy) is 1. The van der Waals surface area contributed by atoms with E-state index in [0.29, 0.717) is 0 Å². The maximum atomic E-state index is 11.5. The van der Waals surface area contributed by atoms with E-state index in [2.05, 4.69) is 0 Å². The second-order valence-corrected chi connectivity index (χ2v) is 2.91. The average molecular weight is 208 g/mol. The first kappa shape index (κ1) is 11.1. The van der Waals surface area contributed by atoms with Crippen molar-refractivity contribution in [3.63, 3.8) is 0 Å². The van der Waals surface area contributed by atoms with Gasteiger partial charge in [0.15, 0.2) is 5.78 Å². The van der Waals surface area contributed by atoms with Crippen LogP contribution in [0.4, 0.5) is 0 Å². The topological polar surface area (TPSA) is 66.8 Å². The lowest BCUT2D eigenvalue weighted by atomic mass is 10.1. The number of benzene rings is 1. The fraction of sp³-hybridized carbons (Fsp3) is 0.182. The molecular formula is C11H12O4. The number of rotatable bonds is 3. The quantitative estimate of drug-likeness (QED) is 0.587. The first-order valence-electron chi connectivity index (χ1n) is 4.37. The number of allylic oxidation sites excluding steroid dienone is 2. The van der Waals surface area contributed by atoms with Crippen molar-refractivity contribution in [3.05, 3.63) is 29.8 Å². The number of phenols is 2. The third-order valence-electron chi connectivity index (χ3n) is 1.85. The molecule has 0 unspecified atom stereocenters. The Bertz CT molecular complexity index is 407. The summed E-state index contributed by atoms with van der Waals surface area (Å²) < 4.78 is 4.90. The van der Waals surface area contributed by atoms with Crippen molar-refractivity contribution in [2.75, 3.05) is 7.11 Å². The molecule has 0 fully saturated rings. The molecule has 0 saturated heterocycles. The molecule has 0 aliphatic heterocycles. The Morgan fingerprint density at radius 3 is 2.60 bits per heavy atom. The number of phenolic OH excluding ortho intramolecular Hbond substituents is 2. The minimum absolute atomic E-state index is 0.0494. The van der Waals surface area contributed by atoms with E-state index in [1.807, 2.05) is 0 Å². The third kappa shape index (κ3) is 2.28. The molecule has 0 aliphatic carbocycles. The summed E-state index contributed by atoms with van der Waals surface area (Å²) >= 11 is 0. The van der Waals surface area contributed by atoms with Gasteiger partial charge in [0.1, 0.15) is 22.8 Å². The van der Waals surface area contributed by atoms with Crippen LogP contribution in [-0.4, -0.2) is 23.1 Å². The SMILES string of the molecule is CC=CC(=O)c1c(O)cc(O)cc1OC. The highest BCUT2D eigenvalue weighted by Crippen LogP contribution is 2.33. The van der Waals surface area contributed by atoms with Crippen LogP contribution in [0.3, 0.4) is 0 Å². The van der Waals surface area contributed by atoms with Crippen LogP contribution in [0.25, 0.3) is 0 Å². The summed E-state index contributed by atoms with van der Waals surface area (Å²) in [4.78, 5) is 11.5. The molecule has 4 heteroatoms. The second kappa shape index (κ2) is 4.50. The minimum Gasteiger partial charge on any atom is -0.508 e. The Kier molecular flexibility index (Phi) is 3.33. The number of hydrogen-bond donors (Lipinski definition) is 2. The molecule has 4 nitrogen and oxygen atoms in total. The Morgan fingerprint density at radius 1 is 1.40 bits per heavy atom. The molecule has 0 heterocycles. The zero-order chi connectivity index (χ0) is 11.4. The standard InChI is InChI=1S/C11H12O4/c1-3-4-8(13)11-9(14)5-7(12)6-10(11)15-2/h3-6,12,14H,1-2H3. The number of aromatic hydroxyl groups is 2. The maximum Gasteiger partial charge on any atom is 0.192 e. The molecule has 15 heavy (non-hydrogen) atoms. The molecule has 0 saturated carbocycles. The van der Waals surface area contributed by atoms with Crippen LogP contribution in [0.15, 0.2) is 24.3 Å². The van der Waals surface area contributed by atoms with E-state index < -0.39 is 0 Å². The van der Waals surface area contributed by atoms with Gasteiger partial charge in [-0.15, -0.1) is 0 Å². The van der Waals surface area contributed by atoms with Gasteiger partial charge in [0.25, 0.3) is 0 Å². The van der Waals surface area contributed by atoms with E-state index in [-0.39, 0.29) is 28.6 Å². The molecule has 0 amide bonds. The maximum absolute atomic E-state index is 11.5. The van der Waals surface area contributed by atoms with Crippen molar-refractivity contribution in [1.29, 1.82) is 0 Å². The summed E-state index contributed by atoms with van der Waals surface area (Å²) in [6.07, 6.45) is 2.88. The van der Waals surface area contributed by atoms with Gasteiger partial charge in [-0.1, -0.05) is 6.08 Å². The van der Waals surface area contributed by atoms with Crippen LogP contribution in [0.5, 0.6) is 17.2 Å². The van der Waals surface area contributed by atoms with Crippen molar-refractivity contribution in [2.45, 2.75) is 6.92 Å². The van der Waals surface area contributed by atoms with Gasteiger partial charge in [-0.25, -0.2) is 0 Å². The van der Waals surface area contributed by atoms with Gasteiger partial charge in [0, 0.05) is 12.1 Å². The van der Waals surface area contributed by atoms with Crippen LogP contribution in [0, 0.1) is 0 Å². The fourth-order valence-electron chi connectivity index (χ4n) is 1.23. The number of carbonyl (C=O) groups excluding carboxylic acids is 1. The summed E-state index contributed by atoms with van der Waals surface area (Å²) in [6.45, 7) is 1.70. The lowest BCUT2D eigenvalue weighted by molar-refractivity contribution is 0.104. The second-order valence-electron chi connectivity index (χ2n) is 2.91. The largest absolute Gasteiger partial charge is 0.508 e. The van der Waals surface area contributed by atoms with Gasteiger partial charge in [-0.05, 0) is 13.0 Å². The lowest BCUT2D eigenvalue weighted by Gasteiger charge is -2.08. The summed E-state index contributed by atoms with van der Waals surface area (Å²) in [6, 6.07) is 2.37. The van der Waals surface area contributed by atoms with E-state index in [1.165, 1.54) is 19.3 Å². The summed E-state index contributed by atoms with van der Waals surface area (Å²) in [5.74, 6) is -0.668. The summed E-state index contributed by atoms with van der Waals surface area (Å²) in [5, 5.41) is 18.7. The zero-order valence-electron chi connectivity index (χ0n) is 8.52. The van der Waals surface area contributed by atoms with Crippen molar-refractivity contribution in [3.8, 4) is 17.2 Å². The summed E-state index contributed by atoms with van der Waals surface area (Å²) in [7, 11) is 1.36. The Labute approximate surface area is 87.4 Å². The van der Waals surface area contributed by atoms with Gasteiger partial charge in [-0.2, -0.15) is 0 Å². The smallest absolute Gasteiger partial charge is 0.192 e. The molecular weight excluding hydrogens is 196 g/mol. The highest BCUT2D eigenvalue weighted by Gasteiger charge is 2.16. The van der Waals surface area contributed by atoms with Crippen LogP contribution in [0.1, 0.15) is 17.3 Å². The van der Waals surface area contributed by atoms with Crippen molar-refractivity contribution >= 4 is 5.78 Å². The van der Waals surface area contributed by atoms with Gasteiger partial charge >= 0.3 is 0 Å². The van der Waals surface area contributed by atoms with E-state index in [1.54, 1.807) is 13.0 Å². The van der Waals surface area contributed by atoms with E-state index in [0.717, 1.165) is 6.07 Å². The number of hydrogen-bond acceptors (Lipinski definition) is 4. The summed E-state index contributed by atoms with van der Waals surface area (Å²) in [5.41, 5.74) is 0.0494. The molecule has 0 spiro atoms. The van der Waals surface area contributed by atoms with Crippen LogP contribution in [0.2, 0.25) is 0 Å². The molecule has 0 aliphatic rings. The van der Waals surface area contributed by atoms with Crippen LogP contribution in [-0.2, 0) is 0 Å². The van der Waals surface area contributed by atoms with Crippen molar-refractivity contribution < 1.29 is 19.7 Å². The predicted molar refractivity (Wildman–Crippen MR) is 55.5 cm³/mol. The highest BCUT2D eigenvalue weighted by molar-refractivity contribution is 6.08. The van der Waals surface area contributed by atoms with Gasteiger partial charge in [0.2, 0.25) is 0 Å². The minimum atomic E-state index is -0.369. The lowest BCUT2D eigenvalue weighted by Crippen LogP contribution is -1.99. The molecule has 0 bridgehead atoms. The molecule has 0 atom stereocenters. The van der Waals surface area contributed by atoms with Crippen LogP contribution >= 0.6 is 0 Å². The van der Waals surface area contributed by atoms with Gasteiger partial charge < -0.3 is 14.9 Å². The molecule has 1 aromatic rings. The van der Waals surface area contributed by atoms with E-state index in [4.69, 9.17) is 4.74 Å².